The van der Waals surface area contributed by atoms with E-state index in [2.05, 4.69) is 41.9 Å². The minimum absolute atomic E-state index is 0.0157. The highest BCUT2D eigenvalue weighted by molar-refractivity contribution is 5.92. The molecule has 0 spiro atoms. The predicted molar refractivity (Wildman–Crippen MR) is 117 cm³/mol. The van der Waals surface area contributed by atoms with Crippen LogP contribution in [-0.2, 0) is 9.59 Å². The van der Waals surface area contributed by atoms with Crippen molar-refractivity contribution >= 4 is 17.9 Å². The number of piperidine rings is 1. The van der Waals surface area contributed by atoms with Crippen LogP contribution in [0, 0.1) is 19.8 Å². The molecule has 1 saturated heterocycles. The molecule has 5 nitrogen and oxygen atoms in total. The summed E-state index contributed by atoms with van der Waals surface area (Å²) in [7, 11) is 0. The quantitative estimate of drug-likeness (QED) is 0.758. The highest BCUT2D eigenvalue weighted by atomic mass is 16.2. The minimum Gasteiger partial charge on any atom is -0.356 e. The third kappa shape index (κ3) is 4.97. The molecule has 1 fully saturated rings. The van der Waals surface area contributed by atoms with Crippen molar-refractivity contribution in [3.63, 3.8) is 0 Å². The molecule has 1 aromatic heterocycles. The van der Waals surface area contributed by atoms with E-state index in [-0.39, 0.29) is 17.7 Å². The van der Waals surface area contributed by atoms with Gasteiger partial charge in [-0.05, 0) is 62.9 Å². The maximum absolute atomic E-state index is 12.6. The largest absolute Gasteiger partial charge is 0.356 e. The lowest BCUT2D eigenvalue weighted by Crippen LogP contribution is -2.42. The van der Waals surface area contributed by atoms with Gasteiger partial charge in [-0.25, -0.2) is 0 Å². The molecule has 0 radical (unpaired) electrons. The summed E-state index contributed by atoms with van der Waals surface area (Å²) in [6.45, 7) is 8.19. The van der Waals surface area contributed by atoms with Gasteiger partial charge in [0.05, 0.1) is 0 Å². The highest BCUT2D eigenvalue weighted by Gasteiger charge is 2.26. The first-order valence-electron chi connectivity index (χ1n) is 10.5. The van der Waals surface area contributed by atoms with Gasteiger partial charge in [0.1, 0.15) is 0 Å². The van der Waals surface area contributed by atoms with Gasteiger partial charge in [0.2, 0.25) is 11.8 Å². The average Bonchev–Trinajstić information content (AvgIpc) is 3.04. The average molecular weight is 394 g/mol. The second-order valence-electron chi connectivity index (χ2n) is 7.72. The molecule has 154 valence electrons. The van der Waals surface area contributed by atoms with Gasteiger partial charge in [0.15, 0.2) is 0 Å². The number of rotatable bonds is 6. The van der Waals surface area contributed by atoms with Gasteiger partial charge in [-0.2, -0.15) is 0 Å². The number of nitrogens with one attached hydrogen (secondary N) is 1. The summed E-state index contributed by atoms with van der Waals surface area (Å²) >= 11 is 0. The van der Waals surface area contributed by atoms with E-state index in [4.69, 9.17) is 0 Å². The van der Waals surface area contributed by atoms with Gasteiger partial charge in [-0.1, -0.05) is 25.1 Å². The Morgan fingerprint density at radius 2 is 1.83 bits per heavy atom. The zero-order valence-electron chi connectivity index (χ0n) is 17.6. The molecule has 1 aliphatic heterocycles. The van der Waals surface area contributed by atoms with Crippen molar-refractivity contribution < 1.29 is 9.59 Å². The van der Waals surface area contributed by atoms with E-state index < -0.39 is 0 Å². The van der Waals surface area contributed by atoms with Crippen LogP contribution in [0.3, 0.4) is 0 Å². The second kappa shape index (κ2) is 9.59. The number of aryl methyl sites for hydroxylation is 1. The first kappa shape index (κ1) is 20.9. The van der Waals surface area contributed by atoms with E-state index in [1.54, 1.807) is 6.08 Å². The summed E-state index contributed by atoms with van der Waals surface area (Å²) in [4.78, 5) is 26.6. The van der Waals surface area contributed by atoms with Crippen molar-refractivity contribution in [2.24, 2.45) is 5.92 Å². The first-order chi connectivity index (χ1) is 14.0. The van der Waals surface area contributed by atoms with E-state index in [0.717, 1.165) is 48.4 Å². The Balaban J connectivity index is 1.61. The van der Waals surface area contributed by atoms with Crippen LogP contribution < -0.4 is 5.32 Å². The number of likely N-dealkylation sites (tertiary alicyclic amines) is 1. The van der Waals surface area contributed by atoms with Crippen LogP contribution in [0.25, 0.3) is 11.8 Å². The molecule has 0 bridgehead atoms. The van der Waals surface area contributed by atoms with Gasteiger partial charge in [0.25, 0.3) is 0 Å². The standard InChI is InChI=1S/C24H31N3O2/c1-4-14-25-24(29)20-12-15-26(16-13-20)23(28)11-10-21-17-18(2)27(19(21)3)22-8-6-5-7-9-22/h5-11,17,20H,4,12-16H2,1-3H3,(H,25,29)/b11-10+. The number of benzene rings is 1. The Hall–Kier alpha value is -2.82. The monoisotopic (exact) mass is 393 g/mol. The molecule has 0 saturated carbocycles. The summed E-state index contributed by atoms with van der Waals surface area (Å²) in [6, 6.07) is 12.3. The van der Waals surface area contributed by atoms with Crippen molar-refractivity contribution in [3.05, 3.63) is 59.4 Å². The summed E-state index contributed by atoms with van der Waals surface area (Å²) in [5.74, 6) is 0.171. The molecule has 0 unspecified atom stereocenters. The van der Waals surface area contributed by atoms with Crippen LogP contribution in [0.5, 0.6) is 0 Å². The first-order valence-corrected chi connectivity index (χ1v) is 10.5. The fourth-order valence-electron chi connectivity index (χ4n) is 3.95. The molecule has 2 aromatic rings. The summed E-state index contributed by atoms with van der Waals surface area (Å²) in [5.41, 5.74) is 4.43. The zero-order valence-corrected chi connectivity index (χ0v) is 17.6. The lowest BCUT2D eigenvalue weighted by atomic mass is 9.96. The van der Waals surface area contributed by atoms with Crippen molar-refractivity contribution in [1.82, 2.24) is 14.8 Å². The Kier molecular flexibility index (Phi) is 6.91. The van der Waals surface area contributed by atoms with Gasteiger partial charge in [-0.15, -0.1) is 0 Å². The lowest BCUT2D eigenvalue weighted by Gasteiger charge is -2.30. The number of para-hydroxylation sites is 1. The van der Waals surface area contributed by atoms with E-state index in [0.29, 0.717) is 13.1 Å². The lowest BCUT2D eigenvalue weighted by molar-refractivity contribution is -0.132. The molecule has 2 amide bonds. The Morgan fingerprint density at radius 1 is 1.14 bits per heavy atom. The van der Waals surface area contributed by atoms with E-state index in [9.17, 15) is 9.59 Å². The predicted octanol–water partition coefficient (Wildman–Crippen LogP) is 3.87. The van der Waals surface area contributed by atoms with Gasteiger partial charge < -0.3 is 14.8 Å². The van der Waals surface area contributed by atoms with Gasteiger partial charge in [0, 0.05) is 48.7 Å². The SMILES string of the molecule is CCCNC(=O)C1CCN(C(=O)/C=C/c2cc(C)n(-c3ccccc3)c2C)CC1. The number of hydrogen-bond acceptors (Lipinski definition) is 2. The summed E-state index contributed by atoms with van der Waals surface area (Å²) in [5, 5.41) is 2.96. The topological polar surface area (TPSA) is 54.3 Å². The number of aromatic nitrogens is 1. The van der Waals surface area contributed by atoms with Crippen LogP contribution >= 0.6 is 0 Å². The Labute approximate surface area is 173 Å². The number of carbonyl (C=O) groups is 2. The van der Waals surface area contributed by atoms with Crippen molar-refractivity contribution in [2.75, 3.05) is 19.6 Å². The smallest absolute Gasteiger partial charge is 0.246 e. The molecule has 3 rings (SSSR count). The van der Waals surface area contributed by atoms with Crippen molar-refractivity contribution in [3.8, 4) is 5.69 Å². The molecular formula is C24H31N3O2. The van der Waals surface area contributed by atoms with Crippen LogP contribution in [0.15, 0.2) is 42.5 Å². The van der Waals surface area contributed by atoms with Crippen molar-refractivity contribution in [2.45, 2.75) is 40.0 Å². The molecule has 1 N–H and O–H groups in total. The van der Waals surface area contributed by atoms with Gasteiger partial charge >= 0.3 is 0 Å². The molecule has 0 aliphatic carbocycles. The molecule has 1 aliphatic rings. The molecular weight excluding hydrogens is 362 g/mol. The van der Waals surface area contributed by atoms with E-state index >= 15 is 0 Å². The van der Waals surface area contributed by atoms with Crippen LogP contribution in [-0.4, -0.2) is 40.9 Å². The van der Waals surface area contributed by atoms with Crippen LogP contribution in [0.2, 0.25) is 0 Å². The number of amides is 2. The van der Waals surface area contributed by atoms with Gasteiger partial charge in [-0.3, -0.25) is 9.59 Å². The second-order valence-corrected chi connectivity index (χ2v) is 7.72. The molecule has 0 atom stereocenters. The number of hydrogen-bond donors (Lipinski definition) is 1. The summed E-state index contributed by atoms with van der Waals surface area (Å²) < 4.78 is 2.20. The van der Waals surface area contributed by atoms with Crippen LogP contribution in [0.1, 0.15) is 43.1 Å². The maximum atomic E-state index is 12.6. The molecule has 5 heteroatoms. The third-order valence-corrected chi connectivity index (χ3v) is 5.62. The molecule has 2 heterocycles. The van der Waals surface area contributed by atoms with Crippen LogP contribution in [0.4, 0.5) is 0 Å². The zero-order chi connectivity index (χ0) is 20.8. The fourth-order valence-corrected chi connectivity index (χ4v) is 3.95. The third-order valence-electron chi connectivity index (χ3n) is 5.62. The van der Waals surface area contributed by atoms with E-state index in [1.807, 2.05) is 36.1 Å². The summed E-state index contributed by atoms with van der Waals surface area (Å²) in [6.07, 6.45) is 5.98. The maximum Gasteiger partial charge on any atom is 0.246 e. The molecule has 29 heavy (non-hydrogen) atoms. The van der Waals surface area contributed by atoms with Crippen molar-refractivity contribution in [1.29, 1.82) is 0 Å². The molecule has 1 aromatic carbocycles. The minimum atomic E-state index is 0.0157. The Morgan fingerprint density at radius 3 is 2.48 bits per heavy atom. The Bertz CT molecular complexity index is 875. The van der Waals surface area contributed by atoms with E-state index in [1.165, 1.54) is 0 Å². The number of nitrogens with zero attached hydrogens (tertiary/aromatic N) is 2. The number of carbonyl (C=O) groups excluding carboxylic acids is 2. The normalized spacial score (nSPS) is 15.1. The fraction of sp³-hybridized carbons (Fsp3) is 0.417. The highest BCUT2D eigenvalue weighted by Crippen LogP contribution is 2.22.